The molecule has 2 aromatic rings. The van der Waals surface area contributed by atoms with Crippen molar-refractivity contribution >= 4 is 29.0 Å². The predicted molar refractivity (Wildman–Crippen MR) is 149 cm³/mol. The maximum Gasteiger partial charge on any atom is 0.261 e. The van der Waals surface area contributed by atoms with Gasteiger partial charge >= 0.3 is 0 Å². The van der Waals surface area contributed by atoms with Gasteiger partial charge in [0.25, 0.3) is 10.1 Å². The van der Waals surface area contributed by atoms with Crippen LogP contribution in [0.15, 0.2) is 48.5 Å². The second-order valence-electron chi connectivity index (χ2n) is 9.65. The van der Waals surface area contributed by atoms with Crippen LogP contribution in [0, 0.1) is 0 Å². The quantitative estimate of drug-likeness (QED) is 0.219. The summed E-state index contributed by atoms with van der Waals surface area (Å²) in [7, 11) is 0.593. The molecular formula is C27H43N2O3PPdS. The Balaban J connectivity index is 0.000000798. The second kappa shape index (κ2) is 15.5. The number of para-hydroxylation sites is 1. The number of benzene rings is 2. The van der Waals surface area contributed by atoms with Crippen molar-refractivity contribution in [3.63, 3.8) is 0 Å². The van der Waals surface area contributed by atoms with Crippen molar-refractivity contribution in [3.05, 3.63) is 48.5 Å². The van der Waals surface area contributed by atoms with Gasteiger partial charge in [-0.25, -0.2) is 0 Å². The van der Waals surface area contributed by atoms with E-state index in [2.05, 4.69) is 67.5 Å². The molecule has 0 aliphatic heterocycles. The van der Waals surface area contributed by atoms with Crippen molar-refractivity contribution in [2.24, 2.45) is 0 Å². The van der Waals surface area contributed by atoms with Crippen molar-refractivity contribution in [2.45, 2.75) is 75.5 Å². The van der Waals surface area contributed by atoms with Gasteiger partial charge in [-0.3, -0.25) is 4.55 Å². The van der Waals surface area contributed by atoms with Crippen LogP contribution in [0.2, 0.25) is 0 Å². The van der Waals surface area contributed by atoms with E-state index in [0.29, 0.717) is 6.26 Å². The zero-order valence-electron chi connectivity index (χ0n) is 21.4. The van der Waals surface area contributed by atoms with Crippen LogP contribution in [-0.2, 0) is 30.5 Å². The van der Waals surface area contributed by atoms with Crippen molar-refractivity contribution in [1.82, 2.24) is 6.15 Å². The van der Waals surface area contributed by atoms with Crippen LogP contribution in [0.3, 0.4) is 0 Å². The van der Waals surface area contributed by atoms with Gasteiger partial charge in [0, 0.05) is 45.8 Å². The van der Waals surface area contributed by atoms with Gasteiger partial charge < -0.3 is 11.1 Å². The number of anilines is 1. The molecule has 0 radical (unpaired) electrons. The van der Waals surface area contributed by atoms with Crippen molar-refractivity contribution in [3.8, 4) is 11.1 Å². The first kappa shape index (κ1) is 32.2. The minimum atomic E-state index is -3.67. The molecular weight excluding hydrogens is 570 g/mol. The minimum Gasteiger partial charge on any atom is -0.377 e. The zero-order valence-corrected chi connectivity index (χ0v) is 24.7. The Morgan fingerprint density at radius 2 is 1.17 bits per heavy atom. The molecule has 4 N–H and O–H groups in total. The molecule has 2 aromatic carbocycles. The van der Waals surface area contributed by atoms with E-state index < -0.39 is 10.1 Å². The Bertz CT molecular complexity index is 965. The molecule has 0 aromatic heterocycles. The van der Waals surface area contributed by atoms with E-state index in [1.165, 1.54) is 81.0 Å². The molecule has 8 heteroatoms. The summed E-state index contributed by atoms with van der Waals surface area (Å²) in [5.74, 6) is 0. The zero-order chi connectivity index (χ0) is 23.8. The number of rotatable bonds is 5. The Labute approximate surface area is 228 Å². The van der Waals surface area contributed by atoms with Crippen LogP contribution >= 0.6 is 7.92 Å². The first-order valence-electron chi connectivity index (χ1n) is 12.3. The summed E-state index contributed by atoms with van der Waals surface area (Å²) in [6.07, 6.45) is 15.3. The van der Waals surface area contributed by atoms with Crippen molar-refractivity contribution in [2.75, 3.05) is 25.3 Å². The van der Waals surface area contributed by atoms with Crippen LogP contribution in [0.1, 0.15) is 64.2 Å². The van der Waals surface area contributed by atoms with Gasteiger partial charge in [-0.1, -0.05) is 88.9 Å². The third-order valence-electron chi connectivity index (χ3n) is 6.79. The van der Waals surface area contributed by atoms with Crippen LogP contribution in [0.4, 0.5) is 5.69 Å². The van der Waals surface area contributed by atoms with Gasteiger partial charge in [0.05, 0.1) is 6.26 Å². The Hall–Kier alpha value is -0.798. The molecule has 0 heterocycles. The predicted octanol–water partition coefficient (Wildman–Crippen LogP) is 6.86. The van der Waals surface area contributed by atoms with Gasteiger partial charge in [-0.05, 0) is 53.9 Å². The summed E-state index contributed by atoms with van der Waals surface area (Å²) >= 11 is 0. The Morgan fingerprint density at radius 3 is 1.63 bits per heavy atom. The SMILES string of the molecule is CN(C)c1ccccc1-c1ccccc1P(C1CCCCC1)C1CCCCC1.CS(=O)(=O)O.N.[Pd]. The fraction of sp³-hybridized carbons (Fsp3) is 0.556. The fourth-order valence-corrected chi connectivity index (χ4v) is 9.39. The molecule has 5 nitrogen and oxygen atoms in total. The molecule has 0 amide bonds. The third-order valence-corrected chi connectivity index (χ3v) is 10.3. The molecule has 0 bridgehead atoms. The van der Waals surface area contributed by atoms with Crippen LogP contribution in [0.5, 0.6) is 0 Å². The monoisotopic (exact) mass is 612 g/mol. The van der Waals surface area contributed by atoms with Gasteiger partial charge in [0.1, 0.15) is 0 Å². The smallest absolute Gasteiger partial charge is 0.261 e. The van der Waals surface area contributed by atoms with E-state index in [1.807, 2.05) is 0 Å². The first-order chi connectivity index (χ1) is 15.8. The maximum absolute atomic E-state index is 9.19. The van der Waals surface area contributed by atoms with Gasteiger partial charge in [0.2, 0.25) is 0 Å². The van der Waals surface area contributed by atoms with Gasteiger partial charge in [0.15, 0.2) is 0 Å². The van der Waals surface area contributed by atoms with E-state index in [-0.39, 0.29) is 34.5 Å². The summed E-state index contributed by atoms with van der Waals surface area (Å²) in [6, 6.07) is 18.4. The first-order valence-corrected chi connectivity index (χ1v) is 15.6. The van der Waals surface area contributed by atoms with E-state index in [1.54, 1.807) is 5.30 Å². The van der Waals surface area contributed by atoms with Crippen LogP contribution in [-0.4, -0.2) is 44.6 Å². The third kappa shape index (κ3) is 9.88. The number of hydrogen-bond donors (Lipinski definition) is 2. The van der Waals surface area contributed by atoms with Crippen molar-refractivity contribution in [1.29, 1.82) is 0 Å². The second-order valence-corrected chi connectivity index (χ2v) is 13.9. The number of hydrogen-bond acceptors (Lipinski definition) is 4. The van der Waals surface area contributed by atoms with E-state index in [0.717, 1.165) is 11.3 Å². The molecule has 2 saturated carbocycles. The van der Waals surface area contributed by atoms with Gasteiger partial charge in [-0.2, -0.15) is 8.42 Å². The molecule has 2 aliphatic carbocycles. The molecule has 0 saturated heterocycles. The normalized spacial score (nSPS) is 16.9. The molecule has 200 valence electrons. The molecule has 2 fully saturated rings. The van der Waals surface area contributed by atoms with Crippen molar-refractivity contribution < 1.29 is 33.4 Å². The molecule has 35 heavy (non-hydrogen) atoms. The molecule has 2 aliphatic rings. The average Bonchev–Trinajstić information content (AvgIpc) is 2.80. The summed E-state index contributed by atoms with van der Waals surface area (Å²) in [6.45, 7) is 0. The largest absolute Gasteiger partial charge is 0.377 e. The summed E-state index contributed by atoms with van der Waals surface area (Å²) in [5, 5.41) is 1.70. The molecule has 0 spiro atoms. The molecule has 0 unspecified atom stereocenters. The minimum absolute atomic E-state index is 0. The fourth-order valence-electron chi connectivity index (χ4n) is 5.43. The summed E-state index contributed by atoms with van der Waals surface area (Å²) in [5.41, 5.74) is 6.16. The van der Waals surface area contributed by atoms with Crippen LogP contribution < -0.4 is 16.4 Å². The maximum atomic E-state index is 9.19. The Kier molecular flexibility index (Phi) is 14.2. The average molecular weight is 613 g/mol. The standard InChI is InChI=1S/C26H36NP.CH4O3S.H3N.Pd/c1-27(2)25-19-11-9-17-23(25)24-18-10-12-20-26(24)28(21-13-5-3-6-14-21)22-15-7-4-8-16-22;1-5(2,3)4;;/h9-12,17-22H,3-8,13-16H2,1-2H3;1H3,(H,2,3,4);1H3;. The molecule has 0 atom stereocenters. The Morgan fingerprint density at radius 1 is 0.771 bits per heavy atom. The van der Waals surface area contributed by atoms with Crippen LogP contribution in [0.25, 0.3) is 11.1 Å². The number of nitrogens with zero attached hydrogens (tertiary/aromatic N) is 1. The summed E-state index contributed by atoms with van der Waals surface area (Å²) in [4.78, 5) is 2.27. The van der Waals surface area contributed by atoms with E-state index in [4.69, 9.17) is 4.55 Å². The van der Waals surface area contributed by atoms with E-state index >= 15 is 0 Å². The molecule has 4 rings (SSSR count). The topological polar surface area (TPSA) is 92.6 Å². The van der Waals surface area contributed by atoms with E-state index in [9.17, 15) is 8.42 Å². The van der Waals surface area contributed by atoms with Gasteiger partial charge in [-0.15, -0.1) is 0 Å². The summed E-state index contributed by atoms with van der Waals surface area (Å²) < 4.78 is 25.9.